The Morgan fingerprint density at radius 3 is 2.55 bits per heavy atom. The Bertz CT molecular complexity index is 937. The highest BCUT2D eigenvalue weighted by molar-refractivity contribution is 8.00. The van der Waals surface area contributed by atoms with Gasteiger partial charge in [-0.15, -0.1) is 11.8 Å². The van der Waals surface area contributed by atoms with Gasteiger partial charge in [0, 0.05) is 56.3 Å². The summed E-state index contributed by atoms with van der Waals surface area (Å²) in [5, 5.41) is 11.8. The number of para-hydroxylation sites is 1. The summed E-state index contributed by atoms with van der Waals surface area (Å²) in [5.74, 6) is 0.744. The van der Waals surface area contributed by atoms with Gasteiger partial charge >= 0.3 is 0 Å². The lowest BCUT2D eigenvalue weighted by Gasteiger charge is -2.38. The van der Waals surface area contributed by atoms with Gasteiger partial charge in [0.1, 0.15) is 11.4 Å². The number of carbonyl (C=O) groups is 1. The average Bonchev–Trinajstić information content (AvgIpc) is 2.78. The van der Waals surface area contributed by atoms with E-state index in [0.29, 0.717) is 23.1 Å². The Balaban J connectivity index is 1.51. The number of aliphatic hydroxyl groups is 1. The standard InChI is InChI=1S/C23H27Cl2N3O2S/c1-26-8-10-27(11-9-26)20-5-3-2-4-17(20)21(29)22-23(30)28(12-13-31-22)15-16-6-7-18(24)19(25)14-16/h2-7,14,21-22,29H,8-13,15H2,1H3. The van der Waals surface area contributed by atoms with Crippen LogP contribution in [0.15, 0.2) is 42.5 Å². The summed E-state index contributed by atoms with van der Waals surface area (Å²) >= 11 is 13.7. The first-order chi connectivity index (χ1) is 14.9. The summed E-state index contributed by atoms with van der Waals surface area (Å²) in [6.07, 6.45) is -0.857. The van der Waals surface area contributed by atoms with Crippen molar-refractivity contribution in [1.29, 1.82) is 0 Å². The van der Waals surface area contributed by atoms with E-state index in [9.17, 15) is 9.90 Å². The lowest BCUT2D eigenvalue weighted by Crippen LogP contribution is -2.46. The number of anilines is 1. The fourth-order valence-corrected chi connectivity index (χ4v) is 5.65. The number of hydrogen-bond donors (Lipinski definition) is 1. The number of piperazine rings is 1. The van der Waals surface area contributed by atoms with E-state index in [1.807, 2.05) is 29.2 Å². The molecular weight excluding hydrogens is 453 g/mol. The van der Waals surface area contributed by atoms with Crippen molar-refractivity contribution in [3.63, 3.8) is 0 Å². The van der Waals surface area contributed by atoms with E-state index < -0.39 is 11.4 Å². The smallest absolute Gasteiger partial charge is 0.239 e. The Labute approximate surface area is 197 Å². The third-order valence-electron chi connectivity index (χ3n) is 5.96. The van der Waals surface area contributed by atoms with E-state index in [-0.39, 0.29) is 5.91 Å². The molecule has 1 N–H and O–H groups in total. The van der Waals surface area contributed by atoms with E-state index in [1.165, 1.54) is 11.8 Å². The number of amides is 1. The molecule has 2 fully saturated rings. The van der Waals surface area contributed by atoms with Crippen LogP contribution in [-0.4, -0.2) is 71.6 Å². The van der Waals surface area contributed by atoms with Gasteiger partial charge in [0.05, 0.1) is 10.0 Å². The second-order valence-electron chi connectivity index (χ2n) is 8.09. The summed E-state index contributed by atoms with van der Waals surface area (Å²) in [4.78, 5) is 19.7. The normalized spacial score (nSPS) is 21.4. The Kier molecular flexibility index (Phi) is 7.34. The van der Waals surface area contributed by atoms with Crippen LogP contribution < -0.4 is 4.90 Å². The first-order valence-electron chi connectivity index (χ1n) is 10.5. The van der Waals surface area contributed by atoms with Gasteiger partial charge in [-0.2, -0.15) is 0 Å². The van der Waals surface area contributed by atoms with E-state index >= 15 is 0 Å². The number of benzene rings is 2. The van der Waals surface area contributed by atoms with Crippen LogP contribution in [0, 0.1) is 0 Å². The van der Waals surface area contributed by atoms with Gasteiger partial charge in [-0.1, -0.05) is 47.5 Å². The number of rotatable bonds is 5. The van der Waals surface area contributed by atoms with Gasteiger partial charge in [-0.05, 0) is 30.8 Å². The van der Waals surface area contributed by atoms with Gasteiger partial charge in [0.15, 0.2) is 0 Å². The molecule has 2 atom stereocenters. The minimum absolute atomic E-state index is 0.0389. The van der Waals surface area contributed by atoms with E-state index in [1.54, 1.807) is 12.1 Å². The molecule has 1 amide bonds. The van der Waals surface area contributed by atoms with Gasteiger partial charge in [-0.25, -0.2) is 0 Å². The SMILES string of the molecule is CN1CCN(c2ccccc2C(O)C2SCCN(Cc3ccc(Cl)c(Cl)c3)C2=O)CC1. The number of halogens is 2. The first kappa shape index (κ1) is 22.7. The van der Waals surface area contributed by atoms with Crippen LogP contribution in [0.25, 0.3) is 0 Å². The van der Waals surface area contributed by atoms with Crippen molar-refractivity contribution < 1.29 is 9.90 Å². The van der Waals surface area contributed by atoms with E-state index in [2.05, 4.69) is 22.9 Å². The molecule has 2 heterocycles. The molecule has 2 unspecified atom stereocenters. The van der Waals surface area contributed by atoms with Crippen LogP contribution in [-0.2, 0) is 11.3 Å². The van der Waals surface area contributed by atoms with Gasteiger partial charge in [-0.3, -0.25) is 4.79 Å². The molecule has 166 valence electrons. The molecule has 0 bridgehead atoms. The molecule has 8 heteroatoms. The highest BCUT2D eigenvalue weighted by Gasteiger charge is 2.37. The van der Waals surface area contributed by atoms with Crippen molar-refractivity contribution >= 4 is 46.6 Å². The minimum Gasteiger partial charge on any atom is -0.387 e. The lowest BCUT2D eigenvalue weighted by atomic mass is 10.0. The van der Waals surface area contributed by atoms with Crippen molar-refractivity contribution in [2.45, 2.75) is 17.9 Å². The Morgan fingerprint density at radius 2 is 1.81 bits per heavy atom. The van der Waals surface area contributed by atoms with Crippen molar-refractivity contribution in [3.05, 3.63) is 63.6 Å². The summed E-state index contributed by atoms with van der Waals surface area (Å²) < 4.78 is 0. The van der Waals surface area contributed by atoms with E-state index in [0.717, 1.165) is 48.7 Å². The zero-order valence-corrected chi connectivity index (χ0v) is 19.8. The van der Waals surface area contributed by atoms with Crippen LogP contribution in [0.2, 0.25) is 10.0 Å². The third kappa shape index (κ3) is 5.15. The largest absolute Gasteiger partial charge is 0.387 e. The van der Waals surface area contributed by atoms with Crippen LogP contribution in [0.1, 0.15) is 17.2 Å². The van der Waals surface area contributed by atoms with Gasteiger partial charge < -0.3 is 19.8 Å². The maximum atomic E-state index is 13.3. The number of likely N-dealkylation sites (N-methyl/N-ethyl adjacent to an activating group) is 1. The zero-order valence-electron chi connectivity index (χ0n) is 17.5. The molecule has 4 rings (SSSR count). The molecule has 5 nitrogen and oxygen atoms in total. The summed E-state index contributed by atoms with van der Waals surface area (Å²) in [5.41, 5.74) is 2.79. The lowest BCUT2D eigenvalue weighted by molar-refractivity contribution is -0.133. The highest BCUT2D eigenvalue weighted by Crippen LogP contribution is 2.36. The van der Waals surface area contributed by atoms with Crippen LogP contribution in [0.5, 0.6) is 0 Å². The number of aliphatic hydroxyl groups excluding tert-OH is 1. The molecule has 0 spiro atoms. The van der Waals surface area contributed by atoms with Crippen molar-refractivity contribution in [1.82, 2.24) is 9.80 Å². The number of carbonyl (C=O) groups excluding carboxylic acids is 1. The van der Waals surface area contributed by atoms with Gasteiger partial charge in [0.25, 0.3) is 0 Å². The molecule has 2 aromatic carbocycles. The zero-order chi connectivity index (χ0) is 22.0. The maximum absolute atomic E-state index is 13.3. The average molecular weight is 480 g/mol. The Morgan fingerprint density at radius 1 is 1.06 bits per heavy atom. The molecule has 0 aliphatic carbocycles. The summed E-state index contributed by atoms with van der Waals surface area (Å²) in [6.45, 7) is 4.90. The molecule has 2 aliphatic heterocycles. The van der Waals surface area contributed by atoms with Crippen LogP contribution in [0.3, 0.4) is 0 Å². The fourth-order valence-electron chi connectivity index (χ4n) is 4.13. The molecule has 2 aromatic rings. The predicted octanol–water partition coefficient (Wildman–Crippen LogP) is 3.92. The van der Waals surface area contributed by atoms with Crippen molar-refractivity contribution in [3.8, 4) is 0 Å². The highest BCUT2D eigenvalue weighted by atomic mass is 35.5. The van der Waals surface area contributed by atoms with Crippen LogP contribution >= 0.6 is 35.0 Å². The second-order valence-corrected chi connectivity index (χ2v) is 10.2. The molecular formula is C23H27Cl2N3O2S. The molecule has 0 aromatic heterocycles. The second kappa shape index (κ2) is 10.0. The first-order valence-corrected chi connectivity index (χ1v) is 12.3. The molecule has 0 saturated carbocycles. The van der Waals surface area contributed by atoms with Crippen LogP contribution in [0.4, 0.5) is 5.69 Å². The van der Waals surface area contributed by atoms with E-state index in [4.69, 9.17) is 23.2 Å². The fraction of sp³-hybridized carbons (Fsp3) is 0.435. The molecule has 2 aliphatic rings. The summed E-state index contributed by atoms with van der Waals surface area (Å²) in [6, 6.07) is 13.4. The maximum Gasteiger partial charge on any atom is 0.239 e. The third-order valence-corrected chi connectivity index (χ3v) is 7.93. The predicted molar refractivity (Wildman–Crippen MR) is 129 cm³/mol. The molecule has 0 radical (unpaired) electrons. The van der Waals surface area contributed by atoms with Crippen molar-refractivity contribution in [2.24, 2.45) is 0 Å². The number of hydrogen-bond acceptors (Lipinski definition) is 5. The number of nitrogens with zero attached hydrogens (tertiary/aromatic N) is 3. The topological polar surface area (TPSA) is 47.0 Å². The summed E-state index contributed by atoms with van der Waals surface area (Å²) in [7, 11) is 2.12. The monoisotopic (exact) mass is 479 g/mol. The van der Waals surface area contributed by atoms with Crippen molar-refractivity contribution in [2.75, 3.05) is 50.4 Å². The molecule has 2 saturated heterocycles. The Hall–Kier alpha value is -1.44. The number of thioether (sulfide) groups is 1. The quantitative estimate of drug-likeness (QED) is 0.703. The molecule has 31 heavy (non-hydrogen) atoms. The van der Waals surface area contributed by atoms with Gasteiger partial charge in [0.2, 0.25) is 5.91 Å². The minimum atomic E-state index is -0.857.